The Bertz CT molecular complexity index is 947. The Morgan fingerprint density at radius 3 is 2.56 bits per heavy atom. The van der Waals surface area contributed by atoms with Crippen LogP contribution in [0.3, 0.4) is 0 Å². The van der Waals surface area contributed by atoms with E-state index in [-0.39, 0.29) is 5.91 Å². The predicted molar refractivity (Wildman–Crippen MR) is 95.9 cm³/mol. The number of ether oxygens (including phenoxy) is 1. The van der Waals surface area contributed by atoms with Gasteiger partial charge in [-0.15, -0.1) is 0 Å². The standard InChI is InChI=1S/C20H19NO4/c1-3-21(13-14-7-5-4-6-8-14)20(23)17-12-19(22)25-18-11-15(24-2)9-10-16(17)18/h4-12H,3,13H2,1-2H3. The summed E-state index contributed by atoms with van der Waals surface area (Å²) in [5.41, 5.74) is 1.16. The van der Waals surface area contributed by atoms with Gasteiger partial charge in [0.15, 0.2) is 0 Å². The fraction of sp³-hybridized carbons (Fsp3) is 0.200. The summed E-state index contributed by atoms with van der Waals surface area (Å²) in [5, 5.41) is 0.594. The lowest BCUT2D eigenvalue weighted by molar-refractivity contribution is 0.0754. The molecule has 3 rings (SSSR count). The molecule has 5 heteroatoms. The normalized spacial score (nSPS) is 10.6. The van der Waals surface area contributed by atoms with Crippen molar-refractivity contribution < 1.29 is 13.9 Å². The first-order valence-electron chi connectivity index (χ1n) is 8.07. The first kappa shape index (κ1) is 16.8. The number of fused-ring (bicyclic) bond motifs is 1. The van der Waals surface area contributed by atoms with Crippen molar-refractivity contribution in [2.75, 3.05) is 13.7 Å². The summed E-state index contributed by atoms with van der Waals surface area (Å²) in [6.07, 6.45) is 0. The van der Waals surface area contributed by atoms with Crippen molar-refractivity contribution in [3.63, 3.8) is 0 Å². The molecule has 0 aliphatic carbocycles. The van der Waals surface area contributed by atoms with E-state index in [0.717, 1.165) is 5.56 Å². The summed E-state index contributed by atoms with van der Waals surface area (Å²) in [4.78, 5) is 26.6. The van der Waals surface area contributed by atoms with Gasteiger partial charge in [0.05, 0.1) is 12.7 Å². The number of benzene rings is 2. The van der Waals surface area contributed by atoms with E-state index in [1.165, 1.54) is 13.2 Å². The average Bonchev–Trinajstić information content (AvgIpc) is 2.65. The second kappa shape index (κ2) is 7.21. The highest BCUT2D eigenvalue weighted by Gasteiger charge is 2.19. The predicted octanol–water partition coefficient (Wildman–Crippen LogP) is 3.46. The molecule has 25 heavy (non-hydrogen) atoms. The summed E-state index contributed by atoms with van der Waals surface area (Å²) in [6.45, 7) is 2.93. The van der Waals surface area contributed by atoms with Crippen LogP contribution >= 0.6 is 0 Å². The number of hydrogen-bond donors (Lipinski definition) is 0. The summed E-state index contributed by atoms with van der Waals surface area (Å²) in [7, 11) is 1.53. The smallest absolute Gasteiger partial charge is 0.337 e. The minimum absolute atomic E-state index is 0.200. The van der Waals surface area contributed by atoms with Crippen molar-refractivity contribution in [2.45, 2.75) is 13.5 Å². The lowest BCUT2D eigenvalue weighted by Gasteiger charge is -2.21. The van der Waals surface area contributed by atoms with E-state index in [2.05, 4.69) is 0 Å². The quantitative estimate of drug-likeness (QED) is 0.669. The van der Waals surface area contributed by atoms with Crippen LogP contribution in [0, 0.1) is 0 Å². The summed E-state index contributed by atoms with van der Waals surface area (Å²) >= 11 is 0. The highest BCUT2D eigenvalue weighted by Crippen LogP contribution is 2.24. The molecule has 3 aromatic rings. The largest absolute Gasteiger partial charge is 0.497 e. The van der Waals surface area contributed by atoms with Crippen LogP contribution in [0.5, 0.6) is 5.75 Å². The van der Waals surface area contributed by atoms with E-state index in [9.17, 15) is 9.59 Å². The first-order chi connectivity index (χ1) is 12.1. The third-order valence-corrected chi connectivity index (χ3v) is 4.07. The Labute approximate surface area is 145 Å². The Balaban J connectivity index is 2.01. The Kier molecular flexibility index (Phi) is 4.84. The fourth-order valence-electron chi connectivity index (χ4n) is 2.75. The van der Waals surface area contributed by atoms with Gasteiger partial charge in [0.25, 0.3) is 5.91 Å². The molecule has 0 saturated carbocycles. The number of carbonyl (C=O) groups is 1. The maximum Gasteiger partial charge on any atom is 0.337 e. The molecule has 128 valence electrons. The van der Waals surface area contributed by atoms with Crippen LogP contribution in [0.2, 0.25) is 0 Å². The summed E-state index contributed by atoms with van der Waals surface area (Å²) < 4.78 is 10.4. The van der Waals surface area contributed by atoms with E-state index < -0.39 is 5.63 Å². The average molecular weight is 337 g/mol. The molecule has 0 saturated heterocycles. The van der Waals surface area contributed by atoms with Crippen LogP contribution in [0.1, 0.15) is 22.8 Å². The van der Waals surface area contributed by atoms with Gasteiger partial charge < -0.3 is 14.1 Å². The minimum atomic E-state index is -0.556. The molecule has 0 bridgehead atoms. The SMILES string of the molecule is CCN(Cc1ccccc1)C(=O)c1cc(=O)oc2cc(OC)ccc12. The Morgan fingerprint density at radius 1 is 1.12 bits per heavy atom. The van der Waals surface area contributed by atoms with Gasteiger partial charge in [0.1, 0.15) is 11.3 Å². The topological polar surface area (TPSA) is 59.8 Å². The Hall–Kier alpha value is -3.08. The van der Waals surface area contributed by atoms with E-state index in [1.54, 1.807) is 23.1 Å². The zero-order chi connectivity index (χ0) is 17.8. The zero-order valence-corrected chi connectivity index (χ0v) is 14.2. The van der Waals surface area contributed by atoms with Gasteiger partial charge in [0, 0.05) is 30.6 Å². The van der Waals surface area contributed by atoms with Crippen molar-refractivity contribution in [3.8, 4) is 5.75 Å². The van der Waals surface area contributed by atoms with Crippen LogP contribution < -0.4 is 10.4 Å². The Morgan fingerprint density at radius 2 is 1.88 bits per heavy atom. The highest BCUT2D eigenvalue weighted by molar-refractivity contribution is 6.05. The molecule has 0 aliphatic rings. The number of carbonyl (C=O) groups excluding carboxylic acids is 1. The van der Waals surface area contributed by atoms with Gasteiger partial charge in [-0.3, -0.25) is 4.79 Å². The molecular formula is C20H19NO4. The van der Waals surface area contributed by atoms with Gasteiger partial charge in [-0.2, -0.15) is 0 Å². The first-order valence-corrected chi connectivity index (χ1v) is 8.07. The molecule has 1 amide bonds. The van der Waals surface area contributed by atoms with Gasteiger partial charge in [-0.05, 0) is 24.6 Å². The number of hydrogen-bond acceptors (Lipinski definition) is 4. The molecule has 0 spiro atoms. The molecule has 0 unspecified atom stereocenters. The lowest BCUT2D eigenvalue weighted by Crippen LogP contribution is -2.31. The lowest BCUT2D eigenvalue weighted by atomic mass is 10.1. The molecule has 0 aliphatic heterocycles. The number of amides is 1. The van der Waals surface area contributed by atoms with Crippen LogP contribution in [0.25, 0.3) is 11.0 Å². The third-order valence-electron chi connectivity index (χ3n) is 4.07. The van der Waals surface area contributed by atoms with Crippen molar-refractivity contribution in [2.24, 2.45) is 0 Å². The zero-order valence-electron chi connectivity index (χ0n) is 14.2. The number of rotatable bonds is 5. The fourth-order valence-corrected chi connectivity index (χ4v) is 2.75. The van der Waals surface area contributed by atoms with Crippen molar-refractivity contribution in [1.29, 1.82) is 0 Å². The maximum absolute atomic E-state index is 13.0. The molecule has 0 atom stereocenters. The second-order valence-corrected chi connectivity index (χ2v) is 5.65. The highest BCUT2D eigenvalue weighted by atomic mass is 16.5. The van der Waals surface area contributed by atoms with Crippen molar-refractivity contribution in [1.82, 2.24) is 4.90 Å². The van der Waals surface area contributed by atoms with Crippen LogP contribution in [-0.2, 0) is 6.54 Å². The minimum Gasteiger partial charge on any atom is -0.497 e. The van der Waals surface area contributed by atoms with Crippen LogP contribution in [-0.4, -0.2) is 24.5 Å². The van der Waals surface area contributed by atoms with Gasteiger partial charge in [-0.1, -0.05) is 30.3 Å². The maximum atomic E-state index is 13.0. The summed E-state index contributed by atoms with van der Waals surface area (Å²) in [5.74, 6) is 0.367. The van der Waals surface area contributed by atoms with Gasteiger partial charge in [0.2, 0.25) is 0 Å². The van der Waals surface area contributed by atoms with Gasteiger partial charge in [-0.25, -0.2) is 4.79 Å². The molecule has 2 aromatic carbocycles. The van der Waals surface area contributed by atoms with Crippen molar-refractivity contribution >= 4 is 16.9 Å². The molecule has 0 radical (unpaired) electrons. The molecule has 5 nitrogen and oxygen atoms in total. The third kappa shape index (κ3) is 3.55. The van der Waals surface area contributed by atoms with Crippen LogP contribution in [0.15, 0.2) is 63.8 Å². The molecule has 1 aromatic heterocycles. The molecule has 1 heterocycles. The molecule has 0 fully saturated rings. The molecule has 0 N–H and O–H groups in total. The van der Waals surface area contributed by atoms with Crippen molar-refractivity contribution in [3.05, 3.63) is 76.1 Å². The number of nitrogens with zero attached hydrogens (tertiary/aromatic N) is 1. The van der Waals surface area contributed by atoms with E-state index in [0.29, 0.717) is 35.4 Å². The van der Waals surface area contributed by atoms with E-state index >= 15 is 0 Å². The van der Waals surface area contributed by atoms with Crippen LogP contribution in [0.4, 0.5) is 0 Å². The monoisotopic (exact) mass is 337 g/mol. The summed E-state index contributed by atoms with van der Waals surface area (Å²) in [6, 6.07) is 16.1. The second-order valence-electron chi connectivity index (χ2n) is 5.65. The van der Waals surface area contributed by atoms with Gasteiger partial charge >= 0.3 is 5.63 Å². The molecular weight excluding hydrogens is 318 g/mol. The van der Waals surface area contributed by atoms with E-state index in [4.69, 9.17) is 9.15 Å². The number of methoxy groups -OCH3 is 1. The van der Waals surface area contributed by atoms with E-state index in [1.807, 2.05) is 37.3 Å².